The largest absolute Gasteiger partial charge is 0.494 e. The van der Waals surface area contributed by atoms with Gasteiger partial charge in [0, 0.05) is 5.92 Å². The smallest absolute Gasteiger partial charge is 0.239 e. The Kier molecular flexibility index (Phi) is 3.92. The van der Waals surface area contributed by atoms with Crippen molar-refractivity contribution in [1.82, 2.24) is 14.8 Å². The van der Waals surface area contributed by atoms with Gasteiger partial charge >= 0.3 is 0 Å². The van der Waals surface area contributed by atoms with Gasteiger partial charge in [0.15, 0.2) is 0 Å². The predicted octanol–water partition coefficient (Wildman–Crippen LogP) is 2.81. The topological polar surface area (TPSA) is 61.2 Å². The minimum Gasteiger partial charge on any atom is -0.494 e. The van der Waals surface area contributed by atoms with E-state index in [-0.39, 0.29) is 0 Å². The number of rotatable bonds is 5. The maximum absolute atomic E-state index is 5.49. The minimum absolute atomic E-state index is 0.419. The van der Waals surface area contributed by atoms with Gasteiger partial charge in [0.1, 0.15) is 23.0 Å². The number of methoxy groups -OCH3 is 2. The molecule has 1 aliphatic rings. The molecule has 1 N–H and O–H groups in total. The Morgan fingerprint density at radius 3 is 2.33 bits per heavy atom. The lowest BCUT2D eigenvalue weighted by atomic mass is 9.85. The normalized spacial score (nSPS) is 14.6. The third kappa shape index (κ3) is 2.31. The first kappa shape index (κ1) is 14.1. The van der Waals surface area contributed by atoms with Gasteiger partial charge < -0.3 is 14.2 Å². The molecule has 1 aliphatic carbocycles. The summed E-state index contributed by atoms with van der Waals surface area (Å²) in [6, 6.07) is 5.68. The van der Waals surface area contributed by atoms with Crippen LogP contribution in [0.1, 0.15) is 31.0 Å². The molecule has 1 saturated carbocycles. The van der Waals surface area contributed by atoms with Crippen LogP contribution in [0.15, 0.2) is 18.2 Å². The van der Waals surface area contributed by atoms with Crippen LogP contribution in [-0.4, -0.2) is 29.0 Å². The maximum atomic E-state index is 5.49. The lowest BCUT2D eigenvalue weighted by molar-refractivity contribution is 0.379. The third-order valence-electron chi connectivity index (χ3n) is 3.88. The highest BCUT2D eigenvalue weighted by Gasteiger charge is 2.29. The van der Waals surface area contributed by atoms with E-state index in [1.807, 2.05) is 22.8 Å². The van der Waals surface area contributed by atoms with Crippen molar-refractivity contribution in [3.63, 3.8) is 0 Å². The Balaban J connectivity index is 2.21. The number of nitrogens with zero attached hydrogens (tertiary/aromatic N) is 3. The summed E-state index contributed by atoms with van der Waals surface area (Å²) in [7, 11) is 3.28. The van der Waals surface area contributed by atoms with Gasteiger partial charge in [-0.1, -0.05) is 25.3 Å². The van der Waals surface area contributed by atoms with E-state index >= 15 is 0 Å². The van der Waals surface area contributed by atoms with Crippen molar-refractivity contribution in [1.29, 1.82) is 0 Å². The molecule has 1 aromatic heterocycles. The molecule has 21 heavy (non-hydrogen) atoms. The van der Waals surface area contributed by atoms with Crippen molar-refractivity contribution in [2.24, 2.45) is 0 Å². The fraction of sp³-hybridized carbons (Fsp3) is 0.429. The van der Waals surface area contributed by atoms with E-state index in [1.54, 1.807) is 14.2 Å². The number of aromatic nitrogens is 3. The molecule has 0 atom stereocenters. The molecule has 1 fully saturated rings. The zero-order valence-electron chi connectivity index (χ0n) is 12.0. The average Bonchev–Trinajstić information content (AvgIpc) is 2.87. The zero-order valence-corrected chi connectivity index (χ0v) is 12.9. The van der Waals surface area contributed by atoms with E-state index in [2.05, 4.69) is 27.7 Å². The number of ether oxygens (including phenoxy) is 2. The SMILES string of the molecule is COc1cccc(OC)c1-n1c(NS)nnc1C1CCC1. The number of benzene rings is 1. The molecule has 0 amide bonds. The van der Waals surface area contributed by atoms with E-state index in [0.717, 1.165) is 24.4 Å². The quantitative estimate of drug-likeness (QED) is 0.832. The van der Waals surface area contributed by atoms with Gasteiger partial charge in [-0.2, -0.15) is 0 Å². The molecule has 112 valence electrons. The number of nitrogens with one attached hydrogen (secondary N) is 1. The van der Waals surface area contributed by atoms with Gasteiger partial charge in [0.25, 0.3) is 0 Å². The molecule has 3 rings (SSSR count). The van der Waals surface area contributed by atoms with Crippen molar-refractivity contribution < 1.29 is 9.47 Å². The Morgan fingerprint density at radius 2 is 1.86 bits per heavy atom. The summed E-state index contributed by atoms with van der Waals surface area (Å²) < 4.78 is 15.7. The third-order valence-corrected chi connectivity index (χ3v) is 4.08. The molecule has 0 radical (unpaired) electrons. The van der Waals surface area contributed by atoms with Crippen LogP contribution < -0.4 is 14.2 Å². The summed E-state index contributed by atoms with van der Waals surface area (Å²) in [5, 5.41) is 8.51. The highest BCUT2D eigenvalue weighted by Crippen LogP contribution is 2.41. The summed E-state index contributed by atoms with van der Waals surface area (Å²) in [6.45, 7) is 0. The van der Waals surface area contributed by atoms with Crippen molar-refractivity contribution >= 4 is 18.8 Å². The molecule has 0 spiro atoms. The van der Waals surface area contributed by atoms with Gasteiger partial charge in [-0.05, 0) is 25.0 Å². The molecule has 7 heteroatoms. The molecular formula is C14H18N4O2S. The second-order valence-corrected chi connectivity index (χ2v) is 5.19. The summed E-state index contributed by atoms with van der Waals surface area (Å²) in [5.41, 5.74) is 0.797. The molecule has 6 nitrogen and oxygen atoms in total. The summed E-state index contributed by atoms with van der Waals surface area (Å²) in [6.07, 6.45) is 3.48. The molecule has 0 saturated heterocycles. The van der Waals surface area contributed by atoms with Crippen LogP contribution in [0.2, 0.25) is 0 Å². The highest BCUT2D eigenvalue weighted by atomic mass is 32.1. The van der Waals surface area contributed by atoms with E-state index in [0.29, 0.717) is 23.4 Å². The number of anilines is 1. The van der Waals surface area contributed by atoms with Crippen molar-refractivity contribution in [2.75, 3.05) is 18.9 Å². The van der Waals surface area contributed by atoms with Crippen LogP contribution in [0.5, 0.6) is 11.5 Å². The van der Waals surface area contributed by atoms with Gasteiger partial charge in [0.05, 0.1) is 14.2 Å². The Hall–Kier alpha value is -1.89. The number of para-hydroxylation sites is 1. The second kappa shape index (κ2) is 5.85. The molecular weight excluding hydrogens is 288 g/mol. The van der Waals surface area contributed by atoms with Gasteiger partial charge in [-0.3, -0.25) is 4.57 Å². The summed E-state index contributed by atoms with van der Waals surface area (Å²) >= 11 is 4.13. The first-order valence-corrected chi connectivity index (χ1v) is 7.31. The molecule has 2 aromatic rings. The van der Waals surface area contributed by atoms with Crippen LogP contribution in [0, 0.1) is 0 Å². The van der Waals surface area contributed by atoms with Crippen molar-refractivity contribution in [3.05, 3.63) is 24.0 Å². The lowest BCUT2D eigenvalue weighted by Gasteiger charge is -2.26. The standard InChI is InChI=1S/C14H18N4O2S/c1-19-10-7-4-8-11(20-2)12(10)18-13(9-5-3-6-9)15-16-14(18)17-21/h4,7-9,21H,3,5-6H2,1-2H3,(H,16,17). The summed E-state index contributed by atoms with van der Waals surface area (Å²) in [4.78, 5) is 0. The molecule has 0 aliphatic heterocycles. The van der Waals surface area contributed by atoms with Crippen LogP contribution in [0.3, 0.4) is 0 Å². The Labute approximate surface area is 129 Å². The number of thiol groups is 1. The fourth-order valence-corrected chi connectivity index (χ4v) is 2.72. The van der Waals surface area contributed by atoms with Crippen molar-refractivity contribution in [2.45, 2.75) is 25.2 Å². The monoisotopic (exact) mass is 306 g/mol. The van der Waals surface area contributed by atoms with Crippen LogP contribution in [0.25, 0.3) is 5.69 Å². The molecule has 0 bridgehead atoms. The highest BCUT2D eigenvalue weighted by molar-refractivity contribution is 7.81. The maximum Gasteiger partial charge on any atom is 0.239 e. The fourth-order valence-electron chi connectivity index (χ4n) is 2.57. The summed E-state index contributed by atoms with van der Waals surface area (Å²) in [5.74, 6) is 3.31. The predicted molar refractivity (Wildman–Crippen MR) is 83.7 cm³/mol. The first-order valence-electron chi connectivity index (χ1n) is 6.87. The zero-order chi connectivity index (χ0) is 14.8. The lowest BCUT2D eigenvalue weighted by Crippen LogP contribution is -2.16. The van der Waals surface area contributed by atoms with Crippen LogP contribution in [0.4, 0.5) is 5.95 Å². The first-order chi connectivity index (χ1) is 10.3. The Morgan fingerprint density at radius 1 is 1.19 bits per heavy atom. The number of hydrogen-bond acceptors (Lipinski definition) is 6. The van der Waals surface area contributed by atoms with Crippen molar-refractivity contribution in [3.8, 4) is 17.2 Å². The molecule has 0 unspecified atom stereocenters. The van der Waals surface area contributed by atoms with Crippen LogP contribution in [-0.2, 0) is 0 Å². The van der Waals surface area contributed by atoms with Crippen LogP contribution >= 0.6 is 12.8 Å². The van der Waals surface area contributed by atoms with E-state index < -0.39 is 0 Å². The average molecular weight is 306 g/mol. The van der Waals surface area contributed by atoms with E-state index in [9.17, 15) is 0 Å². The molecule has 1 aromatic carbocycles. The van der Waals surface area contributed by atoms with Gasteiger partial charge in [-0.15, -0.1) is 10.2 Å². The minimum atomic E-state index is 0.419. The van der Waals surface area contributed by atoms with E-state index in [1.165, 1.54) is 6.42 Å². The number of hydrogen-bond donors (Lipinski definition) is 2. The second-order valence-electron chi connectivity index (χ2n) is 4.97. The van der Waals surface area contributed by atoms with Gasteiger partial charge in [-0.25, -0.2) is 0 Å². The Bertz CT molecular complexity index is 618. The van der Waals surface area contributed by atoms with Gasteiger partial charge in [0.2, 0.25) is 5.95 Å². The molecule has 1 heterocycles. The van der Waals surface area contributed by atoms with E-state index in [4.69, 9.17) is 9.47 Å².